The van der Waals surface area contributed by atoms with Crippen LogP contribution in [0.4, 0.5) is 0 Å². The smallest absolute Gasteiger partial charge is 0.254 e. The zero-order valence-corrected chi connectivity index (χ0v) is 9.49. The van der Waals surface area contributed by atoms with Crippen molar-refractivity contribution in [2.75, 3.05) is 20.3 Å². The molecule has 0 aliphatic carbocycles. The number of aromatic nitrogens is 2. The van der Waals surface area contributed by atoms with E-state index < -0.39 is 5.60 Å². The normalized spacial score (nSPS) is 14.4. The molecule has 6 heteroatoms. The van der Waals surface area contributed by atoms with Crippen LogP contribution in [0, 0.1) is 0 Å². The number of rotatable bonds is 6. The van der Waals surface area contributed by atoms with Crippen LogP contribution in [-0.2, 0) is 4.74 Å². The summed E-state index contributed by atoms with van der Waals surface area (Å²) in [6, 6.07) is 0. The van der Waals surface area contributed by atoms with E-state index in [1.54, 1.807) is 14.0 Å². The number of carbonyl (C=O) groups is 1. The second-order valence-electron chi connectivity index (χ2n) is 3.91. The maximum absolute atomic E-state index is 11.5. The van der Waals surface area contributed by atoms with Crippen molar-refractivity contribution in [1.29, 1.82) is 0 Å². The lowest BCUT2D eigenvalue weighted by molar-refractivity contribution is 0.0243. The van der Waals surface area contributed by atoms with E-state index in [0.717, 1.165) is 0 Å². The van der Waals surface area contributed by atoms with Gasteiger partial charge in [-0.1, -0.05) is 0 Å². The number of hydrogen-bond acceptors (Lipinski definition) is 4. The minimum absolute atomic E-state index is 0.181. The zero-order valence-electron chi connectivity index (χ0n) is 9.49. The first kappa shape index (κ1) is 12.7. The second-order valence-corrected chi connectivity index (χ2v) is 3.91. The highest BCUT2D eigenvalue weighted by atomic mass is 16.5. The Morgan fingerprint density at radius 2 is 2.50 bits per heavy atom. The lowest BCUT2D eigenvalue weighted by Gasteiger charge is -2.22. The van der Waals surface area contributed by atoms with E-state index in [1.165, 1.54) is 12.4 Å². The van der Waals surface area contributed by atoms with Gasteiger partial charge in [-0.3, -0.25) is 9.89 Å². The molecule has 16 heavy (non-hydrogen) atoms. The van der Waals surface area contributed by atoms with Gasteiger partial charge in [0.1, 0.15) is 0 Å². The van der Waals surface area contributed by atoms with E-state index in [0.29, 0.717) is 18.6 Å². The van der Waals surface area contributed by atoms with Gasteiger partial charge in [-0.05, 0) is 6.92 Å². The van der Waals surface area contributed by atoms with Crippen LogP contribution in [0.3, 0.4) is 0 Å². The van der Waals surface area contributed by atoms with Crippen LogP contribution in [0.15, 0.2) is 12.4 Å². The van der Waals surface area contributed by atoms with Crippen LogP contribution in [0.25, 0.3) is 0 Å². The molecular formula is C10H17N3O3. The number of carbonyl (C=O) groups excluding carboxylic acids is 1. The first-order valence-electron chi connectivity index (χ1n) is 5.03. The van der Waals surface area contributed by atoms with Gasteiger partial charge in [0, 0.05) is 32.9 Å². The van der Waals surface area contributed by atoms with Crippen molar-refractivity contribution < 1.29 is 14.6 Å². The fraction of sp³-hybridized carbons (Fsp3) is 0.600. The molecule has 0 fully saturated rings. The molecule has 1 aromatic rings. The van der Waals surface area contributed by atoms with Gasteiger partial charge < -0.3 is 15.2 Å². The Morgan fingerprint density at radius 3 is 3.06 bits per heavy atom. The van der Waals surface area contributed by atoms with Gasteiger partial charge in [-0.2, -0.15) is 5.10 Å². The summed E-state index contributed by atoms with van der Waals surface area (Å²) in [5, 5.41) is 18.7. The van der Waals surface area contributed by atoms with Crippen LogP contribution < -0.4 is 5.32 Å². The lowest BCUT2D eigenvalue weighted by atomic mass is 10.0. The molecule has 1 unspecified atom stereocenters. The summed E-state index contributed by atoms with van der Waals surface area (Å²) in [5.74, 6) is -0.258. The minimum atomic E-state index is -0.963. The molecule has 0 aromatic carbocycles. The Hall–Kier alpha value is -1.40. The molecule has 0 bridgehead atoms. The molecular weight excluding hydrogens is 210 g/mol. The summed E-state index contributed by atoms with van der Waals surface area (Å²) in [4.78, 5) is 11.5. The van der Waals surface area contributed by atoms with E-state index in [4.69, 9.17) is 4.74 Å². The van der Waals surface area contributed by atoms with E-state index in [9.17, 15) is 9.90 Å². The Kier molecular flexibility index (Phi) is 4.45. The number of amides is 1. The van der Waals surface area contributed by atoms with Crippen molar-refractivity contribution in [2.45, 2.75) is 18.9 Å². The third-order valence-corrected chi connectivity index (χ3v) is 2.23. The van der Waals surface area contributed by atoms with Crippen molar-refractivity contribution in [3.8, 4) is 0 Å². The van der Waals surface area contributed by atoms with Crippen molar-refractivity contribution in [3.05, 3.63) is 18.0 Å². The topological polar surface area (TPSA) is 87.2 Å². The number of nitrogens with one attached hydrogen (secondary N) is 2. The molecule has 0 spiro atoms. The molecule has 1 heterocycles. The monoisotopic (exact) mass is 227 g/mol. The summed E-state index contributed by atoms with van der Waals surface area (Å²) in [6.45, 7) is 2.29. The largest absolute Gasteiger partial charge is 0.388 e. The van der Waals surface area contributed by atoms with Gasteiger partial charge in [0.2, 0.25) is 0 Å². The quantitative estimate of drug-likeness (QED) is 0.634. The van der Waals surface area contributed by atoms with Crippen LogP contribution in [0.1, 0.15) is 23.7 Å². The average molecular weight is 227 g/mol. The number of aromatic amines is 1. The molecule has 0 aliphatic rings. The van der Waals surface area contributed by atoms with Crippen molar-refractivity contribution >= 4 is 5.91 Å². The number of hydrogen-bond donors (Lipinski definition) is 3. The van der Waals surface area contributed by atoms with Gasteiger partial charge >= 0.3 is 0 Å². The Bertz CT molecular complexity index is 322. The second kappa shape index (κ2) is 5.62. The molecule has 0 radical (unpaired) electrons. The maximum Gasteiger partial charge on any atom is 0.254 e. The lowest BCUT2D eigenvalue weighted by Crippen LogP contribution is -2.41. The molecule has 0 saturated carbocycles. The number of aliphatic hydroxyl groups is 1. The Balaban J connectivity index is 2.36. The molecule has 1 rings (SSSR count). The highest BCUT2D eigenvalue weighted by Gasteiger charge is 2.21. The van der Waals surface area contributed by atoms with Crippen LogP contribution >= 0.6 is 0 Å². The third kappa shape index (κ3) is 4.00. The molecule has 0 saturated heterocycles. The van der Waals surface area contributed by atoms with Gasteiger partial charge in [-0.25, -0.2) is 0 Å². The fourth-order valence-corrected chi connectivity index (χ4v) is 1.16. The van der Waals surface area contributed by atoms with E-state index >= 15 is 0 Å². The average Bonchev–Trinajstić information content (AvgIpc) is 2.77. The van der Waals surface area contributed by atoms with Crippen LogP contribution in [-0.4, -0.2) is 47.1 Å². The van der Waals surface area contributed by atoms with Gasteiger partial charge in [0.05, 0.1) is 17.4 Å². The van der Waals surface area contributed by atoms with Crippen molar-refractivity contribution in [2.24, 2.45) is 0 Å². The van der Waals surface area contributed by atoms with Crippen LogP contribution in [0.5, 0.6) is 0 Å². The first-order valence-corrected chi connectivity index (χ1v) is 5.03. The minimum Gasteiger partial charge on any atom is -0.388 e. The highest BCUT2D eigenvalue weighted by molar-refractivity contribution is 5.93. The highest BCUT2D eigenvalue weighted by Crippen LogP contribution is 2.07. The summed E-state index contributed by atoms with van der Waals surface area (Å²) in [6.07, 6.45) is 3.40. The number of H-pyrrole nitrogens is 1. The molecule has 3 N–H and O–H groups in total. The molecule has 1 atom stereocenters. The number of ether oxygens (including phenoxy) is 1. The summed E-state index contributed by atoms with van der Waals surface area (Å²) in [5.41, 5.74) is -0.516. The molecule has 1 aromatic heterocycles. The van der Waals surface area contributed by atoms with E-state index in [1.807, 2.05) is 0 Å². The number of methoxy groups -OCH3 is 1. The fourth-order valence-electron chi connectivity index (χ4n) is 1.16. The van der Waals surface area contributed by atoms with Crippen LogP contribution in [0.2, 0.25) is 0 Å². The zero-order chi connectivity index (χ0) is 12.0. The Labute approximate surface area is 94.0 Å². The van der Waals surface area contributed by atoms with Gasteiger partial charge in [-0.15, -0.1) is 0 Å². The molecule has 90 valence electrons. The summed E-state index contributed by atoms with van der Waals surface area (Å²) >= 11 is 0. The third-order valence-electron chi connectivity index (χ3n) is 2.23. The standard InChI is InChI=1S/C10H17N3O3/c1-10(15,3-4-16-2)7-11-9(14)8-5-12-13-6-8/h5-6,15H,3-4,7H2,1-2H3,(H,11,14)(H,12,13). The summed E-state index contributed by atoms with van der Waals surface area (Å²) < 4.78 is 4.87. The van der Waals surface area contributed by atoms with Gasteiger partial charge in [0.25, 0.3) is 5.91 Å². The van der Waals surface area contributed by atoms with E-state index in [-0.39, 0.29) is 12.5 Å². The molecule has 0 aliphatic heterocycles. The predicted octanol–water partition coefficient (Wildman–Crippen LogP) is -0.0730. The van der Waals surface area contributed by atoms with Gasteiger partial charge in [0.15, 0.2) is 0 Å². The predicted molar refractivity (Wildman–Crippen MR) is 58.0 cm³/mol. The first-order chi connectivity index (χ1) is 7.55. The molecule has 1 amide bonds. The van der Waals surface area contributed by atoms with Crippen molar-refractivity contribution in [3.63, 3.8) is 0 Å². The number of nitrogens with zero attached hydrogens (tertiary/aromatic N) is 1. The Morgan fingerprint density at radius 1 is 1.75 bits per heavy atom. The maximum atomic E-state index is 11.5. The molecule has 6 nitrogen and oxygen atoms in total. The summed E-state index contributed by atoms with van der Waals surface area (Å²) in [7, 11) is 1.57. The SMILES string of the molecule is COCCC(C)(O)CNC(=O)c1cn[nH]c1. The van der Waals surface area contributed by atoms with Crippen molar-refractivity contribution in [1.82, 2.24) is 15.5 Å². The van der Waals surface area contributed by atoms with E-state index in [2.05, 4.69) is 15.5 Å².